The van der Waals surface area contributed by atoms with Gasteiger partial charge in [-0.05, 0) is 51.6 Å². The summed E-state index contributed by atoms with van der Waals surface area (Å²) in [4.78, 5) is 24.0. The van der Waals surface area contributed by atoms with E-state index in [0.29, 0.717) is 26.1 Å². The zero-order valence-electron chi connectivity index (χ0n) is 21.2. The highest BCUT2D eigenvalue weighted by Crippen LogP contribution is 2.24. The van der Waals surface area contributed by atoms with Crippen LogP contribution < -0.4 is 0 Å². The second-order valence-corrected chi connectivity index (χ2v) is 24.1. The van der Waals surface area contributed by atoms with Crippen LogP contribution in [0.2, 0.25) is 38.3 Å². The maximum atomic E-state index is 12.0. The van der Waals surface area contributed by atoms with Crippen LogP contribution in [0.25, 0.3) is 0 Å². The van der Waals surface area contributed by atoms with E-state index in [9.17, 15) is 20.1 Å². The fraction of sp³-hybridized carbons (Fsp3) is 0.818. The molecule has 0 bridgehead atoms. The maximum absolute atomic E-state index is 12.0. The summed E-state index contributed by atoms with van der Waals surface area (Å²) in [6, 6.07) is 5.77. The Morgan fingerprint density at radius 3 is 1.38 bits per heavy atom. The van der Waals surface area contributed by atoms with Crippen LogP contribution in [0.1, 0.15) is 52.4 Å². The molecule has 0 rings (SSSR count). The molecule has 8 nitrogen and oxygen atoms in total. The van der Waals surface area contributed by atoms with Crippen LogP contribution in [0.4, 0.5) is 0 Å². The molecule has 0 heterocycles. The Labute approximate surface area is 215 Å². The van der Waals surface area contributed by atoms with Gasteiger partial charge in [0.15, 0.2) is 25.8 Å². The molecule has 2 unspecified atom stereocenters. The molecule has 34 heavy (non-hydrogen) atoms. The molecule has 0 radical (unpaired) electrons. The largest absolute Gasteiger partial charge is 0.466 e. The molecule has 0 aliphatic heterocycles. The first-order valence-corrected chi connectivity index (χ1v) is 19.9. The van der Waals surface area contributed by atoms with E-state index >= 15 is 0 Å². The van der Waals surface area contributed by atoms with Crippen molar-refractivity contribution in [2.24, 2.45) is 10.2 Å². The second kappa shape index (κ2) is 14.8. The molecule has 0 N–H and O–H groups in total. The number of carbonyl (C=O) groups excluding carboxylic acids is 2. The van der Waals surface area contributed by atoms with Crippen LogP contribution in [0, 0.1) is 22.7 Å². The van der Waals surface area contributed by atoms with Gasteiger partial charge in [-0.2, -0.15) is 42.9 Å². The van der Waals surface area contributed by atoms with Gasteiger partial charge in [0.1, 0.15) is 0 Å². The van der Waals surface area contributed by atoms with E-state index in [4.69, 9.17) is 31.6 Å². The SMILES string of the molecule is CC(C#N)(CCC(=O)OCCC[Si](C)(C)Cl)N=NC(C)(C#N)CCC(=O)OCCC[Si](C)(C)Cl. The molecule has 0 saturated carbocycles. The van der Waals surface area contributed by atoms with Crippen molar-refractivity contribution in [1.29, 1.82) is 10.5 Å². The zero-order chi connectivity index (χ0) is 26.5. The van der Waals surface area contributed by atoms with Crippen LogP contribution in [0.3, 0.4) is 0 Å². The minimum Gasteiger partial charge on any atom is -0.466 e. The fourth-order valence-corrected chi connectivity index (χ4v) is 5.44. The van der Waals surface area contributed by atoms with Crippen molar-refractivity contribution in [2.75, 3.05) is 13.2 Å². The van der Waals surface area contributed by atoms with Gasteiger partial charge in [0.25, 0.3) is 0 Å². The Kier molecular flexibility index (Phi) is 14.2. The van der Waals surface area contributed by atoms with Crippen molar-refractivity contribution in [3.63, 3.8) is 0 Å². The molecular weight excluding hydrogens is 511 g/mol. The molecule has 0 aromatic rings. The molecule has 12 heteroatoms. The Balaban J connectivity index is 4.63. The number of halogens is 2. The third kappa shape index (κ3) is 17.0. The van der Waals surface area contributed by atoms with Gasteiger partial charge < -0.3 is 9.47 Å². The number of ether oxygens (including phenoxy) is 2. The molecule has 2 atom stereocenters. The van der Waals surface area contributed by atoms with Crippen LogP contribution in [-0.4, -0.2) is 51.0 Å². The highest BCUT2D eigenvalue weighted by Gasteiger charge is 2.30. The first-order chi connectivity index (χ1) is 15.5. The van der Waals surface area contributed by atoms with Crippen molar-refractivity contribution in [3.8, 4) is 12.1 Å². The Hall–Kier alpha value is -1.47. The van der Waals surface area contributed by atoms with Crippen molar-refractivity contribution in [2.45, 2.75) is 102 Å². The summed E-state index contributed by atoms with van der Waals surface area (Å²) < 4.78 is 10.4. The van der Waals surface area contributed by atoms with Gasteiger partial charge in [-0.25, -0.2) is 0 Å². The lowest BCUT2D eigenvalue weighted by atomic mass is 9.97. The number of hydrogen-bond donors (Lipinski definition) is 0. The topological polar surface area (TPSA) is 125 Å². The van der Waals surface area contributed by atoms with E-state index in [-0.39, 0.29) is 25.7 Å². The summed E-state index contributed by atoms with van der Waals surface area (Å²) in [7, 11) is -3.39. The van der Waals surface area contributed by atoms with Gasteiger partial charge in [0, 0.05) is 12.8 Å². The smallest absolute Gasteiger partial charge is 0.305 e. The Bertz CT molecular complexity index is 724. The molecular formula is C22H38Cl2N4O4Si2. The lowest BCUT2D eigenvalue weighted by Crippen LogP contribution is -2.26. The number of azo groups is 1. The molecule has 0 amide bonds. The minimum atomic E-state index is -1.69. The molecule has 192 valence electrons. The summed E-state index contributed by atoms with van der Waals surface area (Å²) in [5.41, 5.74) is -2.58. The van der Waals surface area contributed by atoms with Crippen LogP contribution in [0.15, 0.2) is 10.2 Å². The highest BCUT2D eigenvalue weighted by atomic mass is 35.6. The van der Waals surface area contributed by atoms with Crippen LogP contribution in [0.5, 0.6) is 0 Å². The first-order valence-electron chi connectivity index (χ1n) is 11.5. The molecule has 0 aliphatic carbocycles. The Morgan fingerprint density at radius 2 is 1.12 bits per heavy atom. The summed E-state index contributed by atoms with van der Waals surface area (Å²) >= 11 is 12.5. The molecule has 0 aromatic heterocycles. The van der Waals surface area contributed by atoms with E-state index in [2.05, 4.69) is 10.2 Å². The normalized spacial score (nSPS) is 15.6. The standard InChI is InChI=1S/C22H38Cl2N4O4Si2/c1-21(17-25,11-9-19(29)31-13-7-15-33(3,4)23)27-28-22(2,18-26)12-10-20(30)32-14-8-16-34(5,6)24/h7-16H2,1-6H3. The Morgan fingerprint density at radius 1 is 0.794 bits per heavy atom. The van der Waals surface area contributed by atoms with Gasteiger partial charge in [0.05, 0.1) is 25.4 Å². The van der Waals surface area contributed by atoms with Gasteiger partial charge in [0.2, 0.25) is 0 Å². The number of nitrogens with zero attached hydrogens (tertiary/aromatic N) is 4. The van der Waals surface area contributed by atoms with E-state index in [0.717, 1.165) is 12.1 Å². The van der Waals surface area contributed by atoms with Gasteiger partial charge in [-0.1, -0.05) is 26.2 Å². The third-order valence-corrected chi connectivity index (χ3v) is 9.18. The van der Waals surface area contributed by atoms with Crippen molar-refractivity contribution in [1.82, 2.24) is 0 Å². The first kappa shape index (κ1) is 32.5. The summed E-state index contributed by atoms with van der Waals surface area (Å²) in [6.07, 6.45) is 1.62. The average Bonchev–Trinajstić information content (AvgIpc) is 2.74. The van der Waals surface area contributed by atoms with Crippen molar-refractivity contribution in [3.05, 3.63) is 0 Å². The number of carbonyl (C=O) groups is 2. The molecule has 0 spiro atoms. The summed E-state index contributed by atoms with van der Waals surface area (Å²) in [5.74, 6) is -0.839. The lowest BCUT2D eigenvalue weighted by Gasteiger charge is -2.19. The number of hydrogen-bond acceptors (Lipinski definition) is 8. The third-order valence-electron chi connectivity index (χ3n) is 4.96. The van der Waals surface area contributed by atoms with Gasteiger partial charge in [-0.3, -0.25) is 9.59 Å². The van der Waals surface area contributed by atoms with Crippen LogP contribution in [-0.2, 0) is 19.1 Å². The zero-order valence-corrected chi connectivity index (χ0v) is 24.8. The second-order valence-electron chi connectivity index (χ2n) is 10.1. The fourth-order valence-electron chi connectivity index (χ4n) is 2.67. The number of rotatable bonds is 16. The van der Waals surface area contributed by atoms with Crippen LogP contribution >= 0.6 is 22.2 Å². The highest BCUT2D eigenvalue weighted by molar-refractivity contribution is 7.19. The van der Waals surface area contributed by atoms with E-state index in [1.165, 1.54) is 0 Å². The van der Waals surface area contributed by atoms with Crippen molar-refractivity contribution < 1.29 is 19.1 Å². The molecule has 0 saturated heterocycles. The number of esters is 2. The minimum absolute atomic E-state index is 0.00232. The van der Waals surface area contributed by atoms with Gasteiger partial charge >= 0.3 is 11.9 Å². The summed E-state index contributed by atoms with van der Waals surface area (Å²) in [6.45, 7) is 11.8. The average molecular weight is 550 g/mol. The molecule has 0 fully saturated rings. The monoisotopic (exact) mass is 548 g/mol. The molecule has 0 aromatic carbocycles. The predicted octanol–water partition coefficient (Wildman–Crippen LogP) is 6.32. The quantitative estimate of drug-likeness (QED) is 0.0729. The van der Waals surface area contributed by atoms with E-state index in [1.807, 2.05) is 38.3 Å². The number of nitriles is 2. The molecule has 0 aliphatic rings. The van der Waals surface area contributed by atoms with E-state index in [1.54, 1.807) is 13.8 Å². The predicted molar refractivity (Wildman–Crippen MR) is 139 cm³/mol. The maximum Gasteiger partial charge on any atom is 0.305 e. The van der Waals surface area contributed by atoms with E-state index < -0.39 is 37.8 Å². The van der Waals surface area contributed by atoms with Crippen molar-refractivity contribution >= 4 is 48.9 Å². The summed E-state index contributed by atoms with van der Waals surface area (Å²) in [5, 5.41) is 27.2. The lowest BCUT2D eigenvalue weighted by molar-refractivity contribution is -0.144. The van der Waals surface area contributed by atoms with Gasteiger partial charge in [-0.15, -0.1) is 0 Å².